The van der Waals surface area contributed by atoms with Crippen LogP contribution in [0, 0.1) is 3.57 Å². The Kier molecular flexibility index (Phi) is 5.40. The summed E-state index contributed by atoms with van der Waals surface area (Å²) in [7, 11) is 0. The highest BCUT2D eigenvalue weighted by molar-refractivity contribution is 14.1. The molecule has 3 heteroatoms. The van der Waals surface area contributed by atoms with Gasteiger partial charge in [-0.25, -0.2) is 0 Å². The monoisotopic (exact) mass is 384 g/mol. The standard InChI is InChI=1S/C16H14ClIO/c17-14-11-13(9-10-15(14)18)16(19)8-4-7-12-5-2-1-3-6-12/h1-3,5-6,9-11H,4,7-8H2. The Balaban J connectivity index is 1.89. The average Bonchev–Trinajstić information content (AvgIpc) is 2.43. The molecule has 0 spiro atoms. The highest BCUT2D eigenvalue weighted by Crippen LogP contribution is 2.20. The lowest BCUT2D eigenvalue weighted by molar-refractivity contribution is 0.0980. The minimum Gasteiger partial charge on any atom is -0.294 e. The second-order valence-corrected chi connectivity index (χ2v) is 5.96. The van der Waals surface area contributed by atoms with Gasteiger partial charge >= 0.3 is 0 Å². The number of benzene rings is 2. The van der Waals surface area contributed by atoms with Crippen molar-refractivity contribution in [2.75, 3.05) is 0 Å². The summed E-state index contributed by atoms with van der Waals surface area (Å²) in [6.07, 6.45) is 2.36. The fraction of sp³-hybridized carbons (Fsp3) is 0.188. The quantitative estimate of drug-likeness (QED) is 0.515. The summed E-state index contributed by atoms with van der Waals surface area (Å²) < 4.78 is 0.972. The van der Waals surface area contributed by atoms with Gasteiger partial charge in [0.25, 0.3) is 0 Å². The number of hydrogen-bond acceptors (Lipinski definition) is 1. The minimum absolute atomic E-state index is 0.161. The molecule has 98 valence electrons. The second-order valence-electron chi connectivity index (χ2n) is 4.39. The maximum absolute atomic E-state index is 12.0. The maximum atomic E-state index is 12.0. The number of ketones is 1. The third kappa shape index (κ3) is 4.32. The molecule has 1 nitrogen and oxygen atoms in total. The molecule has 0 heterocycles. The lowest BCUT2D eigenvalue weighted by Crippen LogP contribution is -2.00. The molecule has 0 atom stereocenters. The van der Waals surface area contributed by atoms with Crippen LogP contribution in [-0.2, 0) is 6.42 Å². The maximum Gasteiger partial charge on any atom is 0.162 e. The summed E-state index contributed by atoms with van der Waals surface area (Å²) in [6.45, 7) is 0. The van der Waals surface area contributed by atoms with Crippen LogP contribution in [0.1, 0.15) is 28.8 Å². The normalized spacial score (nSPS) is 10.4. The van der Waals surface area contributed by atoms with Crippen molar-refractivity contribution >= 4 is 40.0 Å². The first kappa shape index (κ1) is 14.5. The van der Waals surface area contributed by atoms with E-state index in [-0.39, 0.29) is 5.78 Å². The van der Waals surface area contributed by atoms with Crippen LogP contribution in [0.3, 0.4) is 0 Å². The van der Waals surface area contributed by atoms with Gasteiger partial charge in [-0.15, -0.1) is 0 Å². The van der Waals surface area contributed by atoms with Crippen molar-refractivity contribution in [3.63, 3.8) is 0 Å². The first-order chi connectivity index (χ1) is 9.16. The van der Waals surface area contributed by atoms with Crippen molar-refractivity contribution in [1.82, 2.24) is 0 Å². The highest BCUT2D eigenvalue weighted by Gasteiger charge is 2.07. The average molecular weight is 385 g/mol. The van der Waals surface area contributed by atoms with Gasteiger partial charge in [-0.05, 0) is 53.1 Å². The molecule has 0 saturated heterocycles. The summed E-state index contributed by atoms with van der Waals surface area (Å²) in [4.78, 5) is 12.0. The van der Waals surface area contributed by atoms with Crippen LogP contribution in [-0.4, -0.2) is 5.78 Å². The number of Topliss-reactive ketones (excluding diaryl/α,β-unsaturated/α-hetero) is 1. The smallest absolute Gasteiger partial charge is 0.162 e. The Morgan fingerprint density at radius 3 is 2.53 bits per heavy atom. The predicted octanol–water partition coefficient (Wildman–Crippen LogP) is 5.15. The molecule has 0 unspecified atom stereocenters. The van der Waals surface area contributed by atoms with Crippen LogP contribution in [0.25, 0.3) is 0 Å². The van der Waals surface area contributed by atoms with Gasteiger partial charge < -0.3 is 0 Å². The first-order valence-electron chi connectivity index (χ1n) is 6.19. The molecule has 0 aliphatic rings. The molecule has 0 bridgehead atoms. The van der Waals surface area contributed by atoms with Crippen molar-refractivity contribution in [3.05, 3.63) is 68.3 Å². The van der Waals surface area contributed by atoms with E-state index in [0.717, 1.165) is 16.4 Å². The second kappa shape index (κ2) is 7.06. The van der Waals surface area contributed by atoms with Crippen molar-refractivity contribution in [1.29, 1.82) is 0 Å². The van der Waals surface area contributed by atoms with E-state index >= 15 is 0 Å². The van der Waals surface area contributed by atoms with Crippen molar-refractivity contribution in [2.24, 2.45) is 0 Å². The summed E-state index contributed by atoms with van der Waals surface area (Å²) in [6, 6.07) is 15.7. The number of carbonyl (C=O) groups excluding carboxylic acids is 1. The van der Waals surface area contributed by atoms with Crippen LogP contribution >= 0.6 is 34.2 Å². The Morgan fingerprint density at radius 2 is 1.84 bits per heavy atom. The molecule has 0 radical (unpaired) electrons. The van der Waals surface area contributed by atoms with Crippen molar-refractivity contribution < 1.29 is 4.79 Å². The molecule has 0 saturated carbocycles. The topological polar surface area (TPSA) is 17.1 Å². The fourth-order valence-electron chi connectivity index (χ4n) is 1.91. The summed E-state index contributed by atoms with van der Waals surface area (Å²) in [5, 5.41) is 0.648. The van der Waals surface area contributed by atoms with Crippen LogP contribution < -0.4 is 0 Å². The van der Waals surface area contributed by atoms with Gasteiger partial charge in [0.2, 0.25) is 0 Å². The molecule has 0 aliphatic carbocycles. The van der Waals surface area contributed by atoms with E-state index in [1.54, 1.807) is 6.07 Å². The summed E-state index contributed by atoms with van der Waals surface area (Å²) >= 11 is 8.19. The third-order valence-corrected chi connectivity index (χ3v) is 4.53. The Labute approximate surface area is 132 Å². The largest absolute Gasteiger partial charge is 0.294 e. The van der Waals surface area contributed by atoms with E-state index in [1.807, 2.05) is 30.3 Å². The lowest BCUT2D eigenvalue weighted by Gasteiger charge is -2.03. The first-order valence-corrected chi connectivity index (χ1v) is 7.64. The number of carbonyl (C=O) groups is 1. The van der Waals surface area contributed by atoms with Crippen LogP contribution in [0.2, 0.25) is 5.02 Å². The summed E-state index contributed by atoms with van der Waals surface area (Å²) in [5.74, 6) is 0.161. The van der Waals surface area contributed by atoms with Gasteiger partial charge in [0.1, 0.15) is 0 Å². The molecule has 0 N–H and O–H groups in total. The molecule has 2 rings (SSSR count). The summed E-state index contributed by atoms with van der Waals surface area (Å²) in [5.41, 5.74) is 1.98. The molecule has 2 aromatic rings. The molecular weight excluding hydrogens is 371 g/mol. The number of rotatable bonds is 5. The highest BCUT2D eigenvalue weighted by atomic mass is 127. The number of aryl methyl sites for hydroxylation is 1. The molecule has 0 aromatic heterocycles. The Bertz CT molecular complexity index is 566. The van der Waals surface area contributed by atoms with Crippen molar-refractivity contribution in [2.45, 2.75) is 19.3 Å². The fourth-order valence-corrected chi connectivity index (χ4v) is 2.43. The Morgan fingerprint density at radius 1 is 1.11 bits per heavy atom. The van der Waals surface area contributed by atoms with Gasteiger partial charge in [-0.2, -0.15) is 0 Å². The third-order valence-electron chi connectivity index (χ3n) is 2.95. The van der Waals surface area contributed by atoms with Gasteiger partial charge in [0.15, 0.2) is 5.78 Å². The molecule has 0 fully saturated rings. The van der Waals surface area contributed by atoms with Gasteiger partial charge in [0.05, 0.1) is 5.02 Å². The number of halogens is 2. The van der Waals surface area contributed by atoms with Crippen LogP contribution in [0.5, 0.6) is 0 Å². The van der Waals surface area contributed by atoms with Crippen LogP contribution in [0.4, 0.5) is 0 Å². The lowest BCUT2D eigenvalue weighted by atomic mass is 10.0. The van der Waals surface area contributed by atoms with Gasteiger partial charge in [-0.3, -0.25) is 4.79 Å². The zero-order chi connectivity index (χ0) is 13.7. The Hall–Kier alpha value is -0.870. The SMILES string of the molecule is O=C(CCCc1ccccc1)c1ccc(I)c(Cl)c1. The van der Waals surface area contributed by atoms with E-state index in [2.05, 4.69) is 34.7 Å². The molecule has 19 heavy (non-hydrogen) atoms. The van der Waals surface area contributed by atoms with E-state index < -0.39 is 0 Å². The zero-order valence-electron chi connectivity index (χ0n) is 10.4. The zero-order valence-corrected chi connectivity index (χ0v) is 13.3. The van der Waals surface area contributed by atoms with E-state index in [1.165, 1.54) is 5.56 Å². The molecular formula is C16H14ClIO. The molecule has 0 aliphatic heterocycles. The number of hydrogen-bond donors (Lipinski definition) is 0. The van der Waals surface area contributed by atoms with Crippen LogP contribution in [0.15, 0.2) is 48.5 Å². The van der Waals surface area contributed by atoms with E-state index in [0.29, 0.717) is 17.0 Å². The predicted molar refractivity (Wildman–Crippen MR) is 87.9 cm³/mol. The minimum atomic E-state index is 0.161. The van der Waals surface area contributed by atoms with Crippen molar-refractivity contribution in [3.8, 4) is 0 Å². The van der Waals surface area contributed by atoms with Gasteiger partial charge in [0, 0.05) is 15.6 Å². The van der Waals surface area contributed by atoms with E-state index in [9.17, 15) is 4.79 Å². The van der Waals surface area contributed by atoms with Gasteiger partial charge in [-0.1, -0.05) is 48.0 Å². The molecule has 2 aromatic carbocycles. The van der Waals surface area contributed by atoms with E-state index in [4.69, 9.17) is 11.6 Å². The molecule has 0 amide bonds.